The SMILES string of the molecule is CCC(=O)N1N=C(c2cccc(NS(C)(=O)=O)c2)CC1c1ccc(OC)cc1OC. The van der Waals surface area contributed by atoms with Gasteiger partial charge in [-0.1, -0.05) is 19.1 Å². The molecule has 1 heterocycles. The second-order valence-electron chi connectivity index (χ2n) is 6.92. The van der Waals surface area contributed by atoms with Crippen LogP contribution in [0.25, 0.3) is 0 Å². The lowest BCUT2D eigenvalue weighted by Gasteiger charge is -2.23. The summed E-state index contributed by atoms with van der Waals surface area (Å²) < 4.78 is 36.4. The average molecular weight is 432 g/mol. The van der Waals surface area contributed by atoms with Crippen molar-refractivity contribution in [2.75, 3.05) is 25.2 Å². The van der Waals surface area contributed by atoms with Crippen LogP contribution in [0.3, 0.4) is 0 Å². The first-order valence-corrected chi connectivity index (χ1v) is 11.3. The molecule has 2 aromatic carbocycles. The Morgan fingerprint density at radius 3 is 2.60 bits per heavy atom. The fourth-order valence-corrected chi connectivity index (χ4v) is 3.94. The minimum atomic E-state index is -3.40. The molecule has 1 aliphatic heterocycles. The van der Waals surface area contributed by atoms with E-state index in [1.54, 1.807) is 45.4 Å². The molecule has 0 radical (unpaired) electrons. The summed E-state index contributed by atoms with van der Waals surface area (Å²) in [7, 11) is -0.248. The third kappa shape index (κ3) is 4.73. The van der Waals surface area contributed by atoms with Gasteiger partial charge in [-0.25, -0.2) is 13.4 Å². The van der Waals surface area contributed by atoms with Gasteiger partial charge in [-0.15, -0.1) is 0 Å². The zero-order valence-corrected chi connectivity index (χ0v) is 18.2. The van der Waals surface area contributed by atoms with Gasteiger partial charge in [0.1, 0.15) is 11.5 Å². The number of anilines is 1. The van der Waals surface area contributed by atoms with E-state index in [1.807, 2.05) is 18.2 Å². The van der Waals surface area contributed by atoms with Crippen molar-refractivity contribution in [3.8, 4) is 11.5 Å². The van der Waals surface area contributed by atoms with E-state index in [2.05, 4.69) is 9.82 Å². The van der Waals surface area contributed by atoms with E-state index in [9.17, 15) is 13.2 Å². The maximum atomic E-state index is 12.6. The standard InChI is InChI=1S/C21H25N3O5S/c1-5-21(25)24-19(17-10-9-16(28-2)12-20(17)29-3)13-18(22-24)14-7-6-8-15(11-14)23-30(4,26)27/h6-12,19,23H,5,13H2,1-4H3. The Bertz CT molecular complexity index is 1080. The number of sulfonamides is 1. The number of amides is 1. The molecule has 1 aliphatic rings. The van der Waals surface area contributed by atoms with Crippen LogP contribution in [0.2, 0.25) is 0 Å². The first-order chi connectivity index (χ1) is 14.3. The smallest absolute Gasteiger partial charge is 0.242 e. The summed E-state index contributed by atoms with van der Waals surface area (Å²) >= 11 is 0. The largest absolute Gasteiger partial charge is 0.497 e. The molecule has 0 fully saturated rings. The lowest BCUT2D eigenvalue weighted by atomic mass is 9.97. The van der Waals surface area contributed by atoms with Crippen molar-refractivity contribution in [1.29, 1.82) is 0 Å². The third-order valence-electron chi connectivity index (χ3n) is 4.77. The Labute approximate surface area is 176 Å². The number of nitrogens with one attached hydrogen (secondary N) is 1. The van der Waals surface area contributed by atoms with E-state index in [0.29, 0.717) is 35.7 Å². The summed E-state index contributed by atoms with van der Waals surface area (Å²) in [6, 6.07) is 12.1. The summed E-state index contributed by atoms with van der Waals surface area (Å²) in [4.78, 5) is 12.6. The molecule has 1 unspecified atom stereocenters. The van der Waals surface area contributed by atoms with Crippen LogP contribution in [-0.2, 0) is 14.8 Å². The molecule has 0 aliphatic carbocycles. The molecule has 2 aromatic rings. The second-order valence-corrected chi connectivity index (χ2v) is 8.67. The molecule has 1 N–H and O–H groups in total. The van der Waals surface area contributed by atoms with E-state index >= 15 is 0 Å². The fourth-order valence-electron chi connectivity index (χ4n) is 3.39. The average Bonchev–Trinajstić information content (AvgIpc) is 3.17. The van der Waals surface area contributed by atoms with Crippen molar-refractivity contribution in [3.63, 3.8) is 0 Å². The lowest BCUT2D eigenvalue weighted by molar-refractivity contribution is -0.132. The minimum Gasteiger partial charge on any atom is -0.497 e. The topological polar surface area (TPSA) is 97.3 Å². The Hall–Kier alpha value is -3.07. The molecule has 30 heavy (non-hydrogen) atoms. The van der Waals surface area contributed by atoms with Gasteiger partial charge in [0.05, 0.1) is 32.2 Å². The highest BCUT2D eigenvalue weighted by Crippen LogP contribution is 2.39. The summed E-state index contributed by atoms with van der Waals surface area (Å²) in [5.41, 5.74) is 2.70. The molecule has 8 nitrogen and oxygen atoms in total. The van der Waals surface area contributed by atoms with Crippen LogP contribution in [0, 0.1) is 0 Å². The molecule has 1 amide bonds. The Kier molecular flexibility index (Phi) is 6.31. The summed E-state index contributed by atoms with van der Waals surface area (Å²) in [5.74, 6) is 1.15. The van der Waals surface area contributed by atoms with Crippen LogP contribution in [0.4, 0.5) is 5.69 Å². The van der Waals surface area contributed by atoms with Gasteiger partial charge in [0.25, 0.3) is 0 Å². The van der Waals surface area contributed by atoms with Crippen molar-refractivity contribution < 1.29 is 22.7 Å². The number of ether oxygens (including phenoxy) is 2. The minimum absolute atomic E-state index is 0.113. The Balaban J connectivity index is 1.98. The number of hydrogen-bond donors (Lipinski definition) is 1. The van der Waals surface area contributed by atoms with E-state index < -0.39 is 10.0 Å². The number of nitrogens with zero attached hydrogens (tertiary/aromatic N) is 2. The molecule has 0 saturated carbocycles. The van der Waals surface area contributed by atoms with Gasteiger partial charge in [0.15, 0.2) is 0 Å². The van der Waals surface area contributed by atoms with Crippen LogP contribution in [-0.4, -0.2) is 45.5 Å². The van der Waals surface area contributed by atoms with Crippen molar-refractivity contribution in [2.45, 2.75) is 25.8 Å². The lowest BCUT2D eigenvalue weighted by Crippen LogP contribution is -2.26. The molecule has 3 rings (SSSR count). The van der Waals surface area contributed by atoms with E-state index in [1.165, 1.54) is 5.01 Å². The second kappa shape index (κ2) is 8.74. The number of rotatable bonds is 7. The number of carbonyl (C=O) groups is 1. The predicted octanol–water partition coefficient (Wildman–Crippen LogP) is 3.16. The highest BCUT2D eigenvalue weighted by Gasteiger charge is 2.34. The van der Waals surface area contributed by atoms with E-state index in [4.69, 9.17) is 9.47 Å². The van der Waals surface area contributed by atoms with Crippen LogP contribution >= 0.6 is 0 Å². The summed E-state index contributed by atoms with van der Waals surface area (Å²) in [6.45, 7) is 1.79. The number of hydrazone groups is 1. The maximum Gasteiger partial charge on any atom is 0.242 e. The first kappa shape index (κ1) is 21.6. The molecule has 9 heteroatoms. The normalized spacial score (nSPS) is 16.2. The molecule has 0 bridgehead atoms. The molecule has 0 spiro atoms. The van der Waals surface area contributed by atoms with Crippen LogP contribution < -0.4 is 14.2 Å². The summed E-state index contributed by atoms with van der Waals surface area (Å²) in [5, 5.41) is 6.06. The quantitative estimate of drug-likeness (QED) is 0.726. The zero-order valence-electron chi connectivity index (χ0n) is 17.4. The number of benzene rings is 2. The van der Waals surface area contributed by atoms with Gasteiger partial charge >= 0.3 is 0 Å². The van der Waals surface area contributed by atoms with Crippen LogP contribution in [0.1, 0.15) is 36.9 Å². The number of methoxy groups -OCH3 is 2. The Morgan fingerprint density at radius 1 is 1.20 bits per heavy atom. The monoisotopic (exact) mass is 431 g/mol. The van der Waals surface area contributed by atoms with Gasteiger partial charge in [0, 0.05) is 30.2 Å². The maximum absolute atomic E-state index is 12.6. The molecular weight excluding hydrogens is 406 g/mol. The van der Waals surface area contributed by atoms with Gasteiger partial charge in [-0.3, -0.25) is 9.52 Å². The predicted molar refractivity (Wildman–Crippen MR) is 115 cm³/mol. The van der Waals surface area contributed by atoms with Crippen LogP contribution in [0.5, 0.6) is 11.5 Å². The zero-order chi connectivity index (χ0) is 21.9. The van der Waals surface area contributed by atoms with Crippen LogP contribution in [0.15, 0.2) is 47.6 Å². The van der Waals surface area contributed by atoms with E-state index in [0.717, 1.165) is 17.4 Å². The van der Waals surface area contributed by atoms with E-state index in [-0.39, 0.29) is 11.9 Å². The van der Waals surface area contributed by atoms with Crippen molar-refractivity contribution in [2.24, 2.45) is 5.10 Å². The highest BCUT2D eigenvalue weighted by atomic mass is 32.2. The Morgan fingerprint density at radius 2 is 1.97 bits per heavy atom. The molecular formula is C21H25N3O5S. The van der Waals surface area contributed by atoms with Gasteiger partial charge in [0.2, 0.25) is 15.9 Å². The van der Waals surface area contributed by atoms with Crippen molar-refractivity contribution in [3.05, 3.63) is 53.6 Å². The van der Waals surface area contributed by atoms with Gasteiger partial charge in [-0.05, 0) is 29.8 Å². The molecule has 160 valence electrons. The fraction of sp³-hybridized carbons (Fsp3) is 0.333. The van der Waals surface area contributed by atoms with Gasteiger partial charge < -0.3 is 9.47 Å². The van der Waals surface area contributed by atoms with Gasteiger partial charge in [-0.2, -0.15) is 5.10 Å². The highest BCUT2D eigenvalue weighted by molar-refractivity contribution is 7.92. The third-order valence-corrected chi connectivity index (χ3v) is 5.37. The van der Waals surface area contributed by atoms with Crippen molar-refractivity contribution >= 4 is 27.3 Å². The number of carbonyl (C=O) groups excluding carboxylic acids is 1. The molecule has 0 saturated heterocycles. The van der Waals surface area contributed by atoms with Crippen molar-refractivity contribution in [1.82, 2.24) is 5.01 Å². The first-order valence-electron chi connectivity index (χ1n) is 9.45. The molecule has 1 atom stereocenters. The number of hydrogen-bond acceptors (Lipinski definition) is 6. The molecule has 0 aromatic heterocycles. The summed E-state index contributed by atoms with van der Waals surface area (Å²) in [6.07, 6.45) is 1.87.